The highest BCUT2D eigenvalue weighted by molar-refractivity contribution is 7.94. The van der Waals surface area contributed by atoms with Gasteiger partial charge in [0, 0.05) is 5.56 Å². The highest BCUT2D eigenvalue weighted by Gasteiger charge is 2.72. The first-order valence-corrected chi connectivity index (χ1v) is 11.1. The number of fused-ring (bicyclic) bond motifs is 1. The molecule has 2 aromatic rings. The SMILES string of the molecule is Cc1onc(-c2ccccc2Cl)c1C(=O)N[C@H]1C(=O)N2[C@@H](C(=O)O)C(C)(C)S(=O)(=O)[C@H]12. The number of aryl methyl sites for hydroxylation is 1. The Morgan fingerprint density at radius 1 is 1.29 bits per heavy atom. The molecule has 2 aliphatic rings. The zero-order valence-corrected chi connectivity index (χ0v) is 18.2. The topological polar surface area (TPSA) is 147 Å². The molecule has 12 heteroatoms. The molecular formula is C19H18ClN3O7S. The highest BCUT2D eigenvalue weighted by Crippen LogP contribution is 2.46. The Labute approximate surface area is 182 Å². The fraction of sp³-hybridized carbons (Fsp3) is 0.368. The third-order valence-corrected chi connectivity index (χ3v) is 8.96. The summed E-state index contributed by atoms with van der Waals surface area (Å²) in [6.07, 6.45) is 0. The Morgan fingerprint density at radius 3 is 2.55 bits per heavy atom. The summed E-state index contributed by atoms with van der Waals surface area (Å²) in [4.78, 5) is 38.1. The van der Waals surface area contributed by atoms with Gasteiger partial charge in [0.2, 0.25) is 5.91 Å². The molecule has 3 atom stereocenters. The van der Waals surface area contributed by atoms with Gasteiger partial charge in [-0.2, -0.15) is 0 Å². The first-order chi connectivity index (χ1) is 14.4. The minimum atomic E-state index is -4.09. The number of carbonyl (C=O) groups is 3. The molecule has 10 nitrogen and oxygen atoms in total. The van der Waals surface area contributed by atoms with Gasteiger partial charge in [0.05, 0.1) is 5.02 Å². The smallest absolute Gasteiger partial charge is 0.328 e. The maximum absolute atomic E-state index is 13.0. The number of aromatic nitrogens is 1. The number of nitrogens with zero attached hydrogens (tertiary/aromatic N) is 2. The number of aliphatic carboxylic acids is 1. The maximum atomic E-state index is 13.0. The largest absolute Gasteiger partial charge is 0.480 e. The Hall–Kier alpha value is -2.92. The van der Waals surface area contributed by atoms with Crippen LogP contribution in [0.5, 0.6) is 0 Å². The molecule has 0 bridgehead atoms. The van der Waals surface area contributed by atoms with Gasteiger partial charge in [-0.3, -0.25) is 9.59 Å². The summed E-state index contributed by atoms with van der Waals surface area (Å²) < 4.78 is 29.3. The van der Waals surface area contributed by atoms with Crippen molar-refractivity contribution < 1.29 is 32.4 Å². The number of carboxylic acids is 1. The van der Waals surface area contributed by atoms with Crippen molar-refractivity contribution in [2.75, 3.05) is 0 Å². The van der Waals surface area contributed by atoms with Gasteiger partial charge < -0.3 is 19.8 Å². The van der Waals surface area contributed by atoms with Gasteiger partial charge >= 0.3 is 5.97 Å². The van der Waals surface area contributed by atoms with Gasteiger partial charge in [0.15, 0.2) is 15.2 Å². The summed E-state index contributed by atoms with van der Waals surface area (Å²) in [6, 6.07) is 3.67. The van der Waals surface area contributed by atoms with Gasteiger partial charge in [0.25, 0.3) is 5.91 Å². The number of nitrogens with one attached hydrogen (secondary N) is 1. The molecule has 2 aliphatic heterocycles. The average Bonchev–Trinajstić information content (AvgIpc) is 3.12. The molecule has 4 rings (SSSR count). The van der Waals surface area contributed by atoms with Gasteiger partial charge in [0.1, 0.15) is 33.8 Å². The molecule has 0 aliphatic carbocycles. The molecule has 164 valence electrons. The van der Waals surface area contributed by atoms with E-state index in [-0.39, 0.29) is 17.0 Å². The summed E-state index contributed by atoms with van der Waals surface area (Å²) >= 11 is 6.19. The lowest BCUT2D eigenvalue weighted by Crippen LogP contribution is -2.72. The standard InChI is InChI=1S/C19H18ClN3O7S/c1-8-11(12(22-30-8)9-6-4-5-7-10(9)20)15(24)21-13-16(25)23-14(18(26)27)19(2,3)31(28,29)17(13)23/h4-7,13-14,17H,1-3H3,(H,21,24)(H,26,27)/t13-,14-,17+/m0/s1. The van der Waals surface area contributed by atoms with E-state index in [1.54, 1.807) is 24.3 Å². The molecule has 0 unspecified atom stereocenters. The van der Waals surface area contributed by atoms with Crippen LogP contribution in [0.2, 0.25) is 5.02 Å². The van der Waals surface area contributed by atoms with Crippen molar-refractivity contribution in [2.45, 2.75) is 43.0 Å². The second-order valence-corrected chi connectivity index (χ2v) is 11.0. The van der Waals surface area contributed by atoms with Crippen LogP contribution in [-0.4, -0.2) is 63.6 Å². The first kappa shape index (κ1) is 21.3. The molecule has 1 aromatic carbocycles. The van der Waals surface area contributed by atoms with Gasteiger partial charge in [-0.05, 0) is 26.8 Å². The fourth-order valence-corrected chi connectivity index (χ4v) is 6.57. The number of carboxylic acid groups (broad SMARTS) is 1. The van der Waals surface area contributed by atoms with Crippen molar-refractivity contribution >= 4 is 39.2 Å². The number of hydrogen-bond acceptors (Lipinski definition) is 7. The number of halogens is 1. The van der Waals surface area contributed by atoms with E-state index in [0.29, 0.717) is 10.6 Å². The van der Waals surface area contributed by atoms with E-state index in [1.165, 1.54) is 20.8 Å². The van der Waals surface area contributed by atoms with Crippen molar-refractivity contribution in [3.8, 4) is 11.3 Å². The van der Waals surface area contributed by atoms with Gasteiger partial charge in [-0.1, -0.05) is 35.0 Å². The number of hydrogen-bond donors (Lipinski definition) is 2. The lowest BCUT2D eigenvalue weighted by molar-refractivity contribution is -0.159. The normalized spacial score (nSPS) is 25.6. The van der Waals surface area contributed by atoms with E-state index >= 15 is 0 Å². The van der Waals surface area contributed by atoms with E-state index in [1.807, 2.05) is 0 Å². The molecule has 2 amide bonds. The fourth-order valence-electron chi connectivity index (χ4n) is 4.13. The Kier molecular flexibility index (Phi) is 4.67. The number of benzene rings is 1. The lowest BCUT2D eigenvalue weighted by atomic mass is 9.95. The summed E-state index contributed by atoms with van der Waals surface area (Å²) in [7, 11) is -4.09. The quantitative estimate of drug-likeness (QED) is 0.638. The van der Waals surface area contributed by atoms with Crippen LogP contribution >= 0.6 is 11.6 Å². The van der Waals surface area contributed by atoms with Crippen LogP contribution in [0, 0.1) is 6.92 Å². The second kappa shape index (κ2) is 6.79. The van der Waals surface area contributed by atoms with Crippen molar-refractivity contribution in [1.82, 2.24) is 15.4 Å². The Morgan fingerprint density at radius 2 is 1.94 bits per heavy atom. The summed E-state index contributed by atoms with van der Waals surface area (Å²) in [5, 5.41) is 14.6. The maximum Gasteiger partial charge on any atom is 0.328 e. The lowest BCUT2D eigenvalue weighted by Gasteiger charge is -2.42. The van der Waals surface area contributed by atoms with E-state index in [2.05, 4.69) is 10.5 Å². The number of rotatable bonds is 4. The van der Waals surface area contributed by atoms with Crippen LogP contribution in [0.4, 0.5) is 0 Å². The summed E-state index contributed by atoms with van der Waals surface area (Å²) in [5.74, 6) is -2.84. The molecule has 0 radical (unpaired) electrons. The zero-order chi connectivity index (χ0) is 22.9. The molecule has 3 heterocycles. The molecule has 0 saturated carbocycles. The predicted molar refractivity (Wildman–Crippen MR) is 108 cm³/mol. The molecule has 31 heavy (non-hydrogen) atoms. The van der Waals surface area contributed by atoms with Crippen LogP contribution in [0.15, 0.2) is 28.8 Å². The molecule has 2 N–H and O–H groups in total. The third-order valence-electron chi connectivity index (χ3n) is 5.81. The minimum Gasteiger partial charge on any atom is -0.480 e. The molecular weight excluding hydrogens is 450 g/mol. The van der Waals surface area contributed by atoms with Crippen LogP contribution < -0.4 is 5.32 Å². The van der Waals surface area contributed by atoms with Crippen molar-refractivity contribution in [3.05, 3.63) is 40.6 Å². The van der Waals surface area contributed by atoms with Crippen LogP contribution in [0.25, 0.3) is 11.3 Å². The van der Waals surface area contributed by atoms with E-state index in [4.69, 9.17) is 16.1 Å². The average molecular weight is 468 g/mol. The molecule has 2 fully saturated rings. The Balaban J connectivity index is 1.68. The van der Waals surface area contributed by atoms with E-state index in [9.17, 15) is 27.9 Å². The van der Waals surface area contributed by atoms with Gasteiger partial charge in [-0.15, -0.1) is 0 Å². The molecule has 1 aromatic heterocycles. The van der Waals surface area contributed by atoms with Crippen LogP contribution in [-0.2, 0) is 19.4 Å². The number of carbonyl (C=O) groups excluding carboxylic acids is 2. The zero-order valence-electron chi connectivity index (χ0n) is 16.6. The van der Waals surface area contributed by atoms with E-state index in [0.717, 1.165) is 4.90 Å². The number of amides is 2. The number of sulfone groups is 1. The van der Waals surface area contributed by atoms with Gasteiger partial charge in [-0.25, -0.2) is 13.2 Å². The van der Waals surface area contributed by atoms with Crippen molar-refractivity contribution in [3.63, 3.8) is 0 Å². The second-order valence-electron chi connectivity index (χ2n) is 7.92. The molecule has 0 spiro atoms. The minimum absolute atomic E-state index is 0.00351. The highest BCUT2D eigenvalue weighted by atomic mass is 35.5. The molecule has 2 saturated heterocycles. The number of β-lactam (4-membered cyclic amide) rings is 1. The summed E-state index contributed by atoms with van der Waals surface area (Å²) in [6.45, 7) is 4.00. The summed E-state index contributed by atoms with van der Waals surface area (Å²) in [5.41, 5.74) is 0.569. The van der Waals surface area contributed by atoms with Crippen molar-refractivity contribution in [1.29, 1.82) is 0 Å². The van der Waals surface area contributed by atoms with Crippen LogP contribution in [0.3, 0.4) is 0 Å². The predicted octanol–water partition coefficient (Wildman–Crippen LogP) is 1.23. The van der Waals surface area contributed by atoms with Crippen molar-refractivity contribution in [2.24, 2.45) is 0 Å². The Bertz CT molecular complexity index is 1240. The monoisotopic (exact) mass is 467 g/mol. The van der Waals surface area contributed by atoms with Crippen LogP contribution in [0.1, 0.15) is 30.0 Å². The first-order valence-electron chi connectivity index (χ1n) is 9.21. The van der Waals surface area contributed by atoms with E-state index < -0.39 is 49.8 Å². The third kappa shape index (κ3) is 2.79.